The van der Waals surface area contributed by atoms with Crippen molar-refractivity contribution in [3.8, 4) is 0 Å². The summed E-state index contributed by atoms with van der Waals surface area (Å²) in [6, 6.07) is 0.743. The van der Waals surface area contributed by atoms with Gasteiger partial charge in [0.2, 0.25) is 0 Å². The van der Waals surface area contributed by atoms with E-state index in [1.54, 1.807) is 7.11 Å². The van der Waals surface area contributed by atoms with Crippen LogP contribution in [0.25, 0.3) is 0 Å². The molecule has 0 aromatic rings. The number of ether oxygens (including phenoxy) is 1. The highest BCUT2D eigenvalue weighted by Crippen LogP contribution is 2.30. The third kappa shape index (κ3) is 5.71. The molecule has 2 heteroatoms. The lowest BCUT2D eigenvalue weighted by Crippen LogP contribution is -2.40. The average Bonchev–Trinajstić information content (AvgIpc) is 2.34. The molecule has 0 aromatic heterocycles. The SMILES string of the molecule is COCCC(C)(C)CNC1CCCC(C(C)C)C1. The van der Waals surface area contributed by atoms with E-state index in [0.717, 1.165) is 37.5 Å². The largest absolute Gasteiger partial charge is 0.385 e. The normalized spacial score (nSPS) is 25.7. The van der Waals surface area contributed by atoms with Gasteiger partial charge in [0, 0.05) is 26.3 Å². The number of hydrogen-bond acceptors (Lipinski definition) is 2. The Morgan fingerprint density at radius 1 is 1.28 bits per heavy atom. The van der Waals surface area contributed by atoms with Gasteiger partial charge in [-0.1, -0.05) is 40.5 Å². The van der Waals surface area contributed by atoms with Crippen molar-refractivity contribution in [2.75, 3.05) is 20.3 Å². The van der Waals surface area contributed by atoms with Crippen LogP contribution in [0.1, 0.15) is 59.8 Å². The van der Waals surface area contributed by atoms with Crippen molar-refractivity contribution < 1.29 is 4.74 Å². The maximum Gasteiger partial charge on any atom is 0.0467 e. The molecular weight excluding hydrogens is 222 g/mol. The Hall–Kier alpha value is -0.0800. The Morgan fingerprint density at radius 2 is 2.00 bits per heavy atom. The van der Waals surface area contributed by atoms with Crippen LogP contribution in [0.3, 0.4) is 0 Å². The van der Waals surface area contributed by atoms with Crippen LogP contribution < -0.4 is 5.32 Å². The Balaban J connectivity index is 2.29. The lowest BCUT2D eigenvalue weighted by Gasteiger charge is -2.34. The topological polar surface area (TPSA) is 21.3 Å². The summed E-state index contributed by atoms with van der Waals surface area (Å²) < 4.78 is 5.19. The van der Waals surface area contributed by atoms with Gasteiger partial charge in [-0.15, -0.1) is 0 Å². The molecule has 1 aliphatic rings. The minimum atomic E-state index is 0.348. The van der Waals surface area contributed by atoms with E-state index in [2.05, 4.69) is 33.0 Å². The van der Waals surface area contributed by atoms with Crippen LogP contribution >= 0.6 is 0 Å². The molecule has 18 heavy (non-hydrogen) atoms. The lowest BCUT2D eigenvalue weighted by atomic mass is 9.79. The molecule has 1 rings (SSSR count). The fraction of sp³-hybridized carbons (Fsp3) is 1.00. The van der Waals surface area contributed by atoms with E-state index in [0.29, 0.717) is 5.41 Å². The first-order chi connectivity index (χ1) is 8.44. The van der Waals surface area contributed by atoms with Gasteiger partial charge in [0.1, 0.15) is 0 Å². The summed E-state index contributed by atoms with van der Waals surface area (Å²) in [6.07, 6.45) is 6.71. The molecular formula is C16H33NO. The molecule has 108 valence electrons. The molecule has 1 N–H and O–H groups in total. The molecule has 0 radical (unpaired) electrons. The molecule has 2 nitrogen and oxygen atoms in total. The molecule has 0 bridgehead atoms. The van der Waals surface area contributed by atoms with Crippen LogP contribution in [-0.2, 0) is 4.74 Å². The maximum atomic E-state index is 5.19. The van der Waals surface area contributed by atoms with E-state index < -0.39 is 0 Å². The standard InChI is InChI=1S/C16H33NO/c1-13(2)14-7-6-8-15(11-14)17-12-16(3,4)9-10-18-5/h13-15,17H,6-12H2,1-5H3. The smallest absolute Gasteiger partial charge is 0.0467 e. The minimum absolute atomic E-state index is 0.348. The van der Waals surface area contributed by atoms with Crippen LogP contribution in [-0.4, -0.2) is 26.3 Å². The fourth-order valence-electron chi connectivity index (χ4n) is 2.91. The predicted molar refractivity (Wildman–Crippen MR) is 78.9 cm³/mol. The van der Waals surface area contributed by atoms with E-state index in [-0.39, 0.29) is 0 Å². The van der Waals surface area contributed by atoms with Gasteiger partial charge in [-0.25, -0.2) is 0 Å². The second-order valence-electron chi connectivity index (χ2n) is 7.16. The molecule has 0 aromatic carbocycles. The second-order valence-corrected chi connectivity index (χ2v) is 7.16. The van der Waals surface area contributed by atoms with Gasteiger partial charge in [0.05, 0.1) is 0 Å². The Kier molecular flexibility index (Phi) is 6.65. The Labute approximate surface area is 114 Å². The number of methoxy groups -OCH3 is 1. The summed E-state index contributed by atoms with van der Waals surface area (Å²) in [7, 11) is 1.79. The van der Waals surface area contributed by atoms with Crippen LogP contribution in [0.15, 0.2) is 0 Å². The van der Waals surface area contributed by atoms with Gasteiger partial charge in [-0.2, -0.15) is 0 Å². The summed E-state index contributed by atoms with van der Waals surface area (Å²) in [5.74, 6) is 1.77. The average molecular weight is 255 g/mol. The molecule has 0 amide bonds. The molecule has 2 unspecified atom stereocenters. The highest BCUT2D eigenvalue weighted by Gasteiger charge is 2.25. The minimum Gasteiger partial charge on any atom is -0.385 e. The molecule has 1 saturated carbocycles. The zero-order chi connectivity index (χ0) is 13.6. The van der Waals surface area contributed by atoms with Gasteiger partial charge in [0.25, 0.3) is 0 Å². The fourth-order valence-corrected chi connectivity index (χ4v) is 2.91. The van der Waals surface area contributed by atoms with Crippen molar-refractivity contribution in [3.05, 3.63) is 0 Å². The van der Waals surface area contributed by atoms with Crippen LogP contribution in [0.2, 0.25) is 0 Å². The zero-order valence-corrected chi connectivity index (χ0v) is 13.1. The van der Waals surface area contributed by atoms with Crippen molar-refractivity contribution in [3.63, 3.8) is 0 Å². The van der Waals surface area contributed by atoms with Crippen molar-refractivity contribution in [2.45, 2.75) is 65.8 Å². The van der Waals surface area contributed by atoms with Crippen molar-refractivity contribution in [2.24, 2.45) is 17.3 Å². The Bertz CT molecular complexity index is 225. The van der Waals surface area contributed by atoms with Crippen LogP contribution in [0, 0.1) is 17.3 Å². The van der Waals surface area contributed by atoms with Crippen molar-refractivity contribution >= 4 is 0 Å². The summed E-state index contributed by atoms with van der Waals surface area (Å²) in [5.41, 5.74) is 0.348. The maximum absolute atomic E-state index is 5.19. The lowest BCUT2D eigenvalue weighted by molar-refractivity contribution is 0.143. The number of hydrogen-bond donors (Lipinski definition) is 1. The van der Waals surface area contributed by atoms with E-state index in [9.17, 15) is 0 Å². The van der Waals surface area contributed by atoms with Crippen LogP contribution in [0.5, 0.6) is 0 Å². The third-order valence-corrected chi connectivity index (χ3v) is 4.51. The molecule has 0 spiro atoms. The van der Waals surface area contributed by atoms with Gasteiger partial charge in [-0.3, -0.25) is 0 Å². The monoisotopic (exact) mass is 255 g/mol. The van der Waals surface area contributed by atoms with Crippen molar-refractivity contribution in [1.82, 2.24) is 5.32 Å². The van der Waals surface area contributed by atoms with E-state index >= 15 is 0 Å². The molecule has 0 aliphatic heterocycles. The summed E-state index contributed by atoms with van der Waals surface area (Å²) in [4.78, 5) is 0. The summed E-state index contributed by atoms with van der Waals surface area (Å²) in [6.45, 7) is 11.4. The first-order valence-corrected chi connectivity index (χ1v) is 7.67. The van der Waals surface area contributed by atoms with Gasteiger partial charge in [0.15, 0.2) is 0 Å². The summed E-state index contributed by atoms with van der Waals surface area (Å²) >= 11 is 0. The second kappa shape index (κ2) is 7.49. The first kappa shape index (κ1) is 16.0. The van der Waals surface area contributed by atoms with Crippen molar-refractivity contribution in [1.29, 1.82) is 0 Å². The first-order valence-electron chi connectivity index (χ1n) is 7.67. The zero-order valence-electron chi connectivity index (χ0n) is 13.1. The highest BCUT2D eigenvalue weighted by atomic mass is 16.5. The number of nitrogens with one attached hydrogen (secondary N) is 1. The molecule has 0 heterocycles. The van der Waals surface area contributed by atoms with Gasteiger partial charge < -0.3 is 10.1 Å². The highest BCUT2D eigenvalue weighted by molar-refractivity contribution is 4.82. The molecule has 2 atom stereocenters. The molecule has 1 aliphatic carbocycles. The van der Waals surface area contributed by atoms with Gasteiger partial charge >= 0.3 is 0 Å². The van der Waals surface area contributed by atoms with Gasteiger partial charge in [-0.05, 0) is 36.5 Å². The molecule has 1 fully saturated rings. The molecule has 0 saturated heterocycles. The third-order valence-electron chi connectivity index (χ3n) is 4.51. The van der Waals surface area contributed by atoms with E-state index in [1.165, 1.54) is 25.7 Å². The van der Waals surface area contributed by atoms with Crippen LogP contribution in [0.4, 0.5) is 0 Å². The Morgan fingerprint density at radius 3 is 2.61 bits per heavy atom. The number of rotatable bonds is 7. The summed E-state index contributed by atoms with van der Waals surface area (Å²) in [5, 5.41) is 3.80. The van der Waals surface area contributed by atoms with E-state index in [1.807, 2.05) is 0 Å². The van der Waals surface area contributed by atoms with E-state index in [4.69, 9.17) is 4.74 Å². The quantitative estimate of drug-likeness (QED) is 0.746. The predicted octanol–water partition coefficient (Wildman–Crippen LogP) is 3.85.